The molecule has 3 N–H and O–H groups in total. The third-order valence-electron chi connectivity index (χ3n) is 2.95. The zero-order valence-electron chi connectivity index (χ0n) is 10.8. The van der Waals surface area contributed by atoms with Crippen LogP contribution in [-0.4, -0.2) is 21.9 Å². The van der Waals surface area contributed by atoms with Crippen molar-refractivity contribution >= 4 is 39.1 Å². The van der Waals surface area contributed by atoms with Gasteiger partial charge < -0.3 is 11.1 Å². The standard InChI is InChI=1S/C13H19N3OS2/c14-11-5-3-6-12(15-11)16-13(17)7-2-1-4-10-8-9-18-19-10/h3,5-6,10H,1-2,4,7-9H2,(H3,14,15,16,17). The molecule has 1 atom stereocenters. The lowest BCUT2D eigenvalue weighted by molar-refractivity contribution is -0.116. The first-order valence-corrected chi connectivity index (χ1v) is 8.93. The van der Waals surface area contributed by atoms with Gasteiger partial charge in [0.15, 0.2) is 0 Å². The molecule has 19 heavy (non-hydrogen) atoms. The Kier molecular flexibility index (Phi) is 5.85. The molecule has 0 aliphatic carbocycles. The molecule has 0 spiro atoms. The van der Waals surface area contributed by atoms with Crippen molar-refractivity contribution in [2.45, 2.75) is 37.4 Å². The van der Waals surface area contributed by atoms with Crippen LogP contribution < -0.4 is 11.1 Å². The molecule has 104 valence electrons. The molecule has 1 amide bonds. The van der Waals surface area contributed by atoms with Gasteiger partial charge in [0.1, 0.15) is 11.6 Å². The number of hydrogen-bond donors (Lipinski definition) is 2. The van der Waals surface area contributed by atoms with E-state index in [-0.39, 0.29) is 5.91 Å². The average Bonchev–Trinajstić information content (AvgIpc) is 2.88. The van der Waals surface area contributed by atoms with Crippen LogP contribution >= 0.6 is 21.6 Å². The Bertz CT molecular complexity index is 422. The zero-order valence-corrected chi connectivity index (χ0v) is 12.4. The predicted octanol–water partition coefficient (Wildman–Crippen LogP) is 3.32. The van der Waals surface area contributed by atoms with Gasteiger partial charge in [0.25, 0.3) is 0 Å². The highest BCUT2D eigenvalue weighted by Gasteiger charge is 2.15. The second-order valence-corrected chi connectivity index (χ2v) is 7.36. The number of amides is 1. The Hall–Kier alpha value is -0.880. The van der Waals surface area contributed by atoms with E-state index in [9.17, 15) is 4.79 Å². The molecule has 1 unspecified atom stereocenters. The smallest absolute Gasteiger partial charge is 0.225 e. The van der Waals surface area contributed by atoms with E-state index < -0.39 is 0 Å². The summed E-state index contributed by atoms with van der Waals surface area (Å²) >= 11 is 0. The number of nitrogens with two attached hydrogens (primary N) is 1. The summed E-state index contributed by atoms with van der Waals surface area (Å²) in [5.41, 5.74) is 5.56. The van der Waals surface area contributed by atoms with E-state index in [2.05, 4.69) is 10.3 Å². The molecule has 0 radical (unpaired) electrons. The molecule has 1 saturated heterocycles. The van der Waals surface area contributed by atoms with Gasteiger partial charge >= 0.3 is 0 Å². The summed E-state index contributed by atoms with van der Waals surface area (Å²) in [5, 5.41) is 3.57. The van der Waals surface area contributed by atoms with Crippen LogP contribution in [-0.2, 0) is 4.79 Å². The lowest BCUT2D eigenvalue weighted by Gasteiger charge is -2.07. The van der Waals surface area contributed by atoms with Crippen LogP contribution in [0.25, 0.3) is 0 Å². The van der Waals surface area contributed by atoms with Gasteiger partial charge in [-0.25, -0.2) is 4.98 Å². The van der Waals surface area contributed by atoms with E-state index in [4.69, 9.17) is 5.73 Å². The van der Waals surface area contributed by atoms with Crippen molar-refractivity contribution in [1.82, 2.24) is 4.98 Å². The predicted molar refractivity (Wildman–Crippen MR) is 84.2 cm³/mol. The molecule has 0 bridgehead atoms. The molecular formula is C13H19N3OS2. The number of carbonyl (C=O) groups excluding carboxylic acids is 1. The summed E-state index contributed by atoms with van der Waals surface area (Å²) in [5.74, 6) is 2.25. The van der Waals surface area contributed by atoms with Crippen LogP contribution in [0.15, 0.2) is 18.2 Å². The molecule has 0 saturated carbocycles. The summed E-state index contributed by atoms with van der Waals surface area (Å²) in [4.78, 5) is 15.8. The van der Waals surface area contributed by atoms with Crippen molar-refractivity contribution in [2.75, 3.05) is 16.8 Å². The number of carbonyl (C=O) groups is 1. The van der Waals surface area contributed by atoms with Crippen molar-refractivity contribution < 1.29 is 4.79 Å². The highest BCUT2D eigenvalue weighted by molar-refractivity contribution is 8.77. The molecule has 0 aromatic carbocycles. The van der Waals surface area contributed by atoms with E-state index in [1.807, 2.05) is 21.6 Å². The van der Waals surface area contributed by atoms with Gasteiger partial charge in [-0.15, -0.1) is 0 Å². The maximum atomic E-state index is 11.7. The monoisotopic (exact) mass is 297 g/mol. The summed E-state index contributed by atoms with van der Waals surface area (Å²) < 4.78 is 0. The van der Waals surface area contributed by atoms with Crippen molar-refractivity contribution in [3.8, 4) is 0 Å². The number of nitrogens with one attached hydrogen (secondary N) is 1. The van der Waals surface area contributed by atoms with Crippen LogP contribution in [0.5, 0.6) is 0 Å². The molecule has 4 nitrogen and oxygen atoms in total. The second kappa shape index (κ2) is 7.65. The quantitative estimate of drug-likeness (QED) is 0.623. The maximum Gasteiger partial charge on any atom is 0.225 e. The highest BCUT2D eigenvalue weighted by Crippen LogP contribution is 2.39. The van der Waals surface area contributed by atoms with Crippen LogP contribution in [0.2, 0.25) is 0 Å². The molecule has 2 rings (SSSR count). The number of nitrogens with zero attached hydrogens (tertiary/aromatic N) is 1. The highest BCUT2D eigenvalue weighted by atomic mass is 33.1. The van der Waals surface area contributed by atoms with Gasteiger partial charge in [-0.05, 0) is 31.4 Å². The fourth-order valence-corrected chi connectivity index (χ4v) is 4.98. The van der Waals surface area contributed by atoms with Crippen LogP contribution in [0.1, 0.15) is 32.1 Å². The van der Waals surface area contributed by atoms with Gasteiger partial charge in [0, 0.05) is 17.4 Å². The van der Waals surface area contributed by atoms with Gasteiger partial charge in [-0.1, -0.05) is 34.1 Å². The largest absolute Gasteiger partial charge is 0.384 e. The van der Waals surface area contributed by atoms with E-state index in [0.717, 1.165) is 18.1 Å². The van der Waals surface area contributed by atoms with E-state index in [1.165, 1.54) is 18.6 Å². The lowest BCUT2D eigenvalue weighted by Crippen LogP contribution is -2.12. The summed E-state index contributed by atoms with van der Waals surface area (Å²) in [7, 11) is 3.96. The molecule has 1 aromatic rings. The number of aromatic nitrogens is 1. The van der Waals surface area contributed by atoms with E-state index >= 15 is 0 Å². The number of rotatable bonds is 6. The minimum absolute atomic E-state index is 0.0200. The molecule has 1 fully saturated rings. The number of unbranched alkanes of at least 4 members (excludes halogenated alkanes) is 1. The minimum Gasteiger partial charge on any atom is -0.384 e. The fraction of sp³-hybridized carbons (Fsp3) is 0.538. The van der Waals surface area contributed by atoms with Crippen LogP contribution in [0.3, 0.4) is 0 Å². The second-order valence-electron chi connectivity index (χ2n) is 4.57. The number of anilines is 2. The lowest BCUT2D eigenvalue weighted by atomic mass is 10.1. The van der Waals surface area contributed by atoms with Gasteiger partial charge in [0.2, 0.25) is 5.91 Å². The zero-order chi connectivity index (χ0) is 13.5. The number of hydrogen-bond acceptors (Lipinski definition) is 5. The molecule has 1 aliphatic rings. The third kappa shape index (κ3) is 5.32. The Morgan fingerprint density at radius 1 is 1.47 bits per heavy atom. The molecule has 6 heteroatoms. The molecule has 1 aromatic heterocycles. The molecule has 2 heterocycles. The first kappa shape index (κ1) is 14.5. The Morgan fingerprint density at radius 3 is 3.11 bits per heavy atom. The summed E-state index contributed by atoms with van der Waals surface area (Å²) in [6.45, 7) is 0. The van der Waals surface area contributed by atoms with E-state index in [1.54, 1.807) is 18.2 Å². The normalized spacial score (nSPS) is 18.4. The fourth-order valence-electron chi connectivity index (χ4n) is 1.95. The van der Waals surface area contributed by atoms with Crippen molar-refractivity contribution in [2.24, 2.45) is 0 Å². The number of pyridine rings is 1. The van der Waals surface area contributed by atoms with Crippen molar-refractivity contribution in [3.63, 3.8) is 0 Å². The average molecular weight is 297 g/mol. The topological polar surface area (TPSA) is 68.0 Å². The summed E-state index contributed by atoms with van der Waals surface area (Å²) in [6.07, 6.45) is 5.16. The van der Waals surface area contributed by atoms with Gasteiger partial charge in [0.05, 0.1) is 0 Å². The van der Waals surface area contributed by atoms with Crippen molar-refractivity contribution in [1.29, 1.82) is 0 Å². The SMILES string of the molecule is Nc1cccc(NC(=O)CCCCC2CCSS2)n1. The Morgan fingerprint density at radius 2 is 2.37 bits per heavy atom. The molecular weight excluding hydrogens is 278 g/mol. The summed E-state index contributed by atoms with van der Waals surface area (Å²) in [6, 6.07) is 5.24. The number of nitrogen functional groups attached to an aromatic ring is 1. The third-order valence-corrected chi connectivity index (χ3v) is 5.95. The maximum absolute atomic E-state index is 11.7. The van der Waals surface area contributed by atoms with Crippen LogP contribution in [0, 0.1) is 0 Å². The minimum atomic E-state index is 0.0200. The van der Waals surface area contributed by atoms with E-state index in [0.29, 0.717) is 18.1 Å². The first-order valence-electron chi connectivity index (χ1n) is 6.55. The Balaban J connectivity index is 1.61. The van der Waals surface area contributed by atoms with Gasteiger partial charge in [-0.2, -0.15) is 0 Å². The van der Waals surface area contributed by atoms with Gasteiger partial charge in [-0.3, -0.25) is 4.79 Å². The van der Waals surface area contributed by atoms with Crippen LogP contribution in [0.4, 0.5) is 11.6 Å². The Labute approximate surface area is 121 Å². The molecule has 1 aliphatic heterocycles. The van der Waals surface area contributed by atoms with Crippen molar-refractivity contribution in [3.05, 3.63) is 18.2 Å². The first-order chi connectivity index (χ1) is 9.24.